The number of fused-ring (bicyclic) bond motifs is 1. The maximum Gasteiger partial charge on any atom is 0.00789 e. The number of rotatable bonds is 2. The van der Waals surface area contributed by atoms with E-state index in [1.54, 1.807) is 0 Å². The first kappa shape index (κ1) is 15.8. The summed E-state index contributed by atoms with van der Waals surface area (Å²) in [6.45, 7) is 11.4. The molecule has 0 nitrogen and oxygen atoms in total. The topological polar surface area (TPSA) is 0 Å². The second kappa shape index (κ2) is 5.53. The van der Waals surface area contributed by atoms with Crippen LogP contribution < -0.4 is 0 Å². The Hall–Kier alpha value is -2.08. The SMILES string of the molecule is CC(=Cc1ccc2c(c1)C(C)(C)C=CC2(C)C)c1ccccc1. The molecule has 0 amide bonds. The fourth-order valence-corrected chi connectivity index (χ4v) is 3.38. The van der Waals surface area contributed by atoms with Crippen LogP contribution in [0.15, 0.2) is 60.7 Å². The molecular formula is C23H26. The first-order valence-corrected chi connectivity index (χ1v) is 8.39. The van der Waals surface area contributed by atoms with Crippen molar-refractivity contribution >= 4 is 11.6 Å². The van der Waals surface area contributed by atoms with Crippen molar-refractivity contribution in [2.45, 2.75) is 45.4 Å². The largest absolute Gasteiger partial charge is 0.0776 e. The highest BCUT2D eigenvalue weighted by Gasteiger charge is 2.32. The zero-order valence-electron chi connectivity index (χ0n) is 14.9. The van der Waals surface area contributed by atoms with Gasteiger partial charge in [-0.05, 0) is 34.8 Å². The molecular weight excluding hydrogens is 276 g/mol. The van der Waals surface area contributed by atoms with Crippen LogP contribution in [0, 0.1) is 0 Å². The second-order valence-electron chi connectivity index (χ2n) is 7.78. The lowest BCUT2D eigenvalue weighted by atomic mass is 9.67. The second-order valence-corrected chi connectivity index (χ2v) is 7.78. The van der Waals surface area contributed by atoms with E-state index < -0.39 is 0 Å². The Morgan fingerprint density at radius 1 is 0.783 bits per heavy atom. The molecule has 0 heteroatoms. The molecule has 118 valence electrons. The van der Waals surface area contributed by atoms with Gasteiger partial charge in [-0.2, -0.15) is 0 Å². The van der Waals surface area contributed by atoms with Crippen LogP contribution in [-0.2, 0) is 10.8 Å². The molecule has 0 aliphatic heterocycles. The monoisotopic (exact) mass is 302 g/mol. The normalized spacial score (nSPS) is 18.6. The van der Waals surface area contributed by atoms with Crippen LogP contribution in [0.5, 0.6) is 0 Å². The van der Waals surface area contributed by atoms with Crippen LogP contribution in [0.1, 0.15) is 56.9 Å². The van der Waals surface area contributed by atoms with Gasteiger partial charge in [-0.15, -0.1) is 0 Å². The minimum Gasteiger partial charge on any atom is -0.0776 e. The predicted octanol–water partition coefficient (Wildman–Crippen LogP) is 6.37. The number of benzene rings is 2. The van der Waals surface area contributed by atoms with Gasteiger partial charge in [0, 0.05) is 10.8 Å². The van der Waals surface area contributed by atoms with E-state index in [0.29, 0.717) is 0 Å². The van der Waals surface area contributed by atoms with Crippen LogP contribution in [0.4, 0.5) is 0 Å². The molecule has 0 N–H and O–H groups in total. The molecule has 0 unspecified atom stereocenters. The molecule has 0 aromatic heterocycles. The minimum atomic E-state index is 0.0926. The van der Waals surface area contributed by atoms with Crippen LogP contribution in [0.25, 0.3) is 11.6 Å². The van der Waals surface area contributed by atoms with Crippen molar-refractivity contribution < 1.29 is 0 Å². The number of hydrogen-bond acceptors (Lipinski definition) is 0. The Labute approximate surface area is 140 Å². The fourth-order valence-electron chi connectivity index (χ4n) is 3.38. The van der Waals surface area contributed by atoms with E-state index in [9.17, 15) is 0 Å². The molecule has 1 aliphatic carbocycles. The van der Waals surface area contributed by atoms with Gasteiger partial charge in [0.2, 0.25) is 0 Å². The van der Waals surface area contributed by atoms with Gasteiger partial charge in [0.1, 0.15) is 0 Å². The van der Waals surface area contributed by atoms with Crippen LogP contribution >= 0.6 is 0 Å². The van der Waals surface area contributed by atoms with Gasteiger partial charge in [0.15, 0.2) is 0 Å². The summed E-state index contributed by atoms with van der Waals surface area (Å²) in [4.78, 5) is 0. The van der Waals surface area contributed by atoms with Gasteiger partial charge >= 0.3 is 0 Å². The lowest BCUT2D eigenvalue weighted by Gasteiger charge is -2.36. The van der Waals surface area contributed by atoms with Crippen LogP contribution in [0.2, 0.25) is 0 Å². The molecule has 0 bridgehead atoms. The first-order chi connectivity index (χ1) is 10.8. The zero-order chi connectivity index (χ0) is 16.7. The molecule has 0 heterocycles. The molecule has 0 fully saturated rings. The molecule has 0 saturated heterocycles. The molecule has 23 heavy (non-hydrogen) atoms. The minimum absolute atomic E-state index is 0.0926. The van der Waals surface area contributed by atoms with E-state index in [1.807, 2.05) is 0 Å². The summed E-state index contributed by atoms with van der Waals surface area (Å²) < 4.78 is 0. The molecule has 0 radical (unpaired) electrons. The molecule has 0 saturated carbocycles. The van der Waals surface area contributed by atoms with Gasteiger partial charge in [-0.1, -0.05) is 94.5 Å². The molecule has 0 spiro atoms. The summed E-state index contributed by atoms with van der Waals surface area (Å²) in [7, 11) is 0. The maximum absolute atomic E-state index is 2.37. The third-order valence-corrected chi connectivity index (χ3v) is 4.96. The summed E-state index contributed by atoms with van der Waals surface area (Å²) in [6.07, 6.45) is 6.99. The Bertz CT molecular complexity index is 771. The van der Waals surface area contributed by atoms with E-state index >= 15 is 0 Å². The van der Waals surface area contributed by atoms with Crippen molar-refractivity contribution in [1.82, 2.24) is 0 Å². The summed E-state index contributed by atoms with van der Waals surface area (Å²) in [5.74, 6) is 0. The molecule has 2 aromatic carbocycles. The third-order valence-electron chi connectivity index (χ3n) is 4.96. The van der Waals surface area contributed by atoms with Crippen molar-refractivity contribution in [2.75, 3.05) is 0 Å². The van der Waals surface area contributed by atoms with Gasteiger partial charge in [-0.3, -0.25) is 0 Å². The summed E-state index contributed by atoms with van der Waals surface area (Å²) in [6, 6.07) is 17.5. The van der Waals surface area contributed by atoms with Crippen molar-refractivity contribution in [2.24, 2.45) is 0 Å². The van der Waals surface area contributed by atoms with E-state index in [0.717, 1.165) is 0 Å². The van der Waals surface area contributed by atoms with Crippen LogP contribution in [0.3, 0.4) is 0 Å². The van der Waals surface area contributed by atoms with E-state index in [4.69, 9.17) is 0 Å². The quantitative estimate of drug-likeness (QED) is 0.446. The predicted molar refractivity (Wildman–Crippen MR) is 102 cm³/mol. The zero-order valence-corrected chi connectivity index (χ0v) is 14.9. The summed E-state index contributed by atoms with van der Waals surface area (Å²) >= 11 is 0. The van der Waals surface area contributed by atoms with Gasteiger partial charge < -0.3 is 0 Å². The highest BCUT2D eigenvalue weighted by Crippen LogP contribution is 2.41. The Morgan fingerprint density at radius 3 is 2.04 bits per heavy atom. The van der Waals surface area contributed by atoms with Crippen molar-refractivity contribution in [3.63, 3.8) is 0 Å². The van der Waals surface area contributed by atoms with Gasteiger partial charge in [0.25, 0.3) is 0 Å². The highest BCUT2D eigenvalue weighted by molar-refractivity contribution is 5.80. The smallest absolute Gasteiger partial charge is 0.00789 e. The summed E-state index contributed by atoms with van der Waals surface area (Å²) in [5, 5.41) is 0. The molecule has 2 aromatic rings. The van der Waals surface area contributed by atoms with E-state index in [2.05, 4.69) is 101 Å². The summed E-state index contributed by atoms with van der Waals surface area (Å²) in [5.41, 5.74) is 6.96. The van der Waals surface area contributed by atoms with E-state index in [-0.39, 0.29) is 10.8 Å². The standard InChI is InChI=1S/C23H26/c1-17(19-9-7-6-8-10-19)15-18-11-12-20-21(16-18)23(4,5)14-13-22(20,2)3/h6-16H,1-5H3. The van der Waals surface area contributed by atoms with Crippen molar-refractivity contribution in [3.8, 4) is 0 Å². The molecule has 1 aliphatic rings. The highest BCUT2D eigenvalue weighted by atomic mass is 14.4. The third kappa shape index (κ3) is 3.03. The Morgan fingerprint density at radius 2 is 1.39 bits per heavy atom. The average Bonchev–Trinajstić information content (AvgIpc) is 2.53. The van der Waals surface area contributed by atoms with Crippen molar-refractivity contribution in [1.29, 1.82) is 0 Å². The fraction of sp³-hybridized carbons (Fsp3) is 0.304. The average molecular weight is 302 g/mol. The maximum atomic E-state index is 2.37. The Kier molecular flexibility index (Phi) is 3.80. The lowest BCUT2D eigenvalue weighted by molar-refractivity contribution is 0.563. The van der Waals surface area contributed by atoms with Gasteiger partial charge in [-0.25, -0.2) is 0 Å². The van der Waals surface area contributed by atoms with Gasteiger partial charge in [0.05, 0.1) is 0 Å². The van der Waals surface area contributed by atoms with E-state index in [1.165, 1.54) is 27.8 Å². The Balaban J connectivity index is 2.05. The van der Waals surface area contributed by atoms with Crippen LogP contribution in [-0.4, -0.2) is 0 Å². The molecule has 3 rings (SSSR count). The number of hydrogen-bond donors (Lipinski definition) is 0. The number of allylic oxidation sites excluding steroid dienone is 3. The first-order valence-electron chi connectivity index (χ1n) is 8.39. The van der Waals surface area contributed by atoms with Crippen molar-refractivity contribution in [3.05, 3.63) is 82.9 Å². The lowest BCUT2D eigenvalue weighted by Crippen LogP contribution is -2.28. The molecule has 0 atom stereocenters.